The second-order valence-electron chi connectivity index (χ2n) is 4.96. The summed E-state index contributed by atoms with van der Waals surface area (Å²) in [6.45, 7) is 5.83. The lowest BCUT2D eigenvalue weighted by Gasteiger charge is -2.32. The average Bonchev–Trinajstić information content (AvgIpc) is 2.26. The highest BCUT2D eigenvalue weighted by Crippen LogP contribution is 2.23. The van der Waals surface area contributed by atoms with Crippen molar-refractivity contribution in [2.75, 3.05) is 13.1 Å². The monoisotopic (exact) mass is 302 g/mol. The lowest BCUT2D eigenvalue weighted by Crippen LogP contribution is -2.49. The Balaban J connectivity index is 0.00000180. The van der Waals surface area contributed by atoms with Gasteiger partial charge in [0, 0.05) is 10.9 Å². The lowest BCUT2D eigenvalue weighted by atomic mass is 9.88. The summed E-state index contributed by atoms with van der Waals surface area (Å²) in [6, 6.07) is 7.56. The van der Waals surface area contributed by atoms with Crippen LogP contribution in [0.1, 0.15) is 25.5 Å². The van der Waals surface area contributed by atoms with Crippen molar-refractivity contribution in [2.45, 2.75) is 19.9 Å². The highest BCUT2D eigenvalue weighted by atomic mass is 35.5. The summed E-state index contributed by atoms with van der Waals surface area (Å²) < 4.78 is 0. The molecule has 19 heavy (non-hydrogen) atoms. The van der Waals surface area contributed by atoms with Gasteiger partial charge in [-0.05, 0) is 37.6 Å². The van der Waals surface area contributed by atoms with Crippen LogP contribution in [0.3, 0.4) is 0 Å². The van der Waals surface area contributed by atoms with E-state index in [4.69, 9.17) is 11.6 Å². The van der Waals surface area contributed by atoms with Crippen LogP contribution in [0.25, 0.3) is 0 Å². The molecule has 0 aliphatic carbocycles. The number of hydrogen-bond donors (Lipinski definition) is 2. The number of nitrogens with one attached hydrogen (secondary N) is 2. The van der Waals surface area contributed by atoms with E-state index in [1.165, 1.54) is 0 Å². The summed E-state index contributed by atoms with van der Waals surface area (Å²) in [6.07, 6.45) is 0. The molecule has 0 spiro atoms. The van der Waals surface area contributed by atoms with Gasteiger partial charge < -0.3 is 10.6 Å². The molecule has 1 amide bonds. The van der Waals surface area contributed by atoms with Gasteiger partial charge in [-0.15, -0.1) is 12.4 Å². The second kappa shape index (κ2) is 7.13. The predicted molar refractivity (Wildman–Crippen MR) is 80.8 cm³/mol. The number of halogens is 2. The molecule has 1 aromatic carbocycles. The summed E-state index contributed by atoms with van der Waals surface area (Å²) >= 11 is 6.12. The second-order valence-corrected chi connectivity index (χ2v) is 5.37. The Kier molecular flexibility index (Phi) is 6.11. The maximum atomic E-state index is 12.1. The molecule has 1 aliphatic rings. The van der Waals surface area contributed by atoms with Gasteiger partial charge in [0.15, 0.2) is 0 Å². The first kappa shape index (κ1) is 16.3. The largest absolute Gasteiger partial charge is 0.349 e. The standard InChI is InChI=1S/C14H19ClN2O.ClH/c1-9(11-7-16-8-11)14(18)17-10(2)12-5-3-4-6-13(12)15;/h3-6,9-11,16H,7-8H2,1-2H3,(H,17,18);1H. The highest BCUT2D eigenvalue weighted by molar-refractivity contribution is 6.31. The van der Waals surface area contributed by atoms with Gasteiger partial charge in [-0.3, -0.25) is 4.79 Å². The molecule has 106 valence electrons. The first-order chi connectivity index (χ1) is 8.59. The van der Waals surface area contributed by atoms with Crippen LogP contribution in [0, 0.1) is 11.8 Å². The van der Waals surface area contributed by atoms with Crippen molar-refractivity contribution in [1.82, 2.24) is 10.6 Å². The SMILES string of the molecule is CC(NC(=O)C(C)C1CNC1)c1ccccc1Cl.Cl. The minimum absolute atomic E-state index is 0. The molecule has 1 saturated heterocycles. The molecular formula is C14H20Cl2N2O. The van der Waals surface area contributed by atoms with E-state index >= 15 is 0 Å². The van der Waals surface area contributed by atoms with Crippen molar-refractivity contribution >= 4 is 29.9 Å². The van der Waals surface area contributed by atoms with E-state index in [2.05, 4.69) is 10.6 Å². The summed E-state index contributed by atoms with van der Waals surface area (Å²) in [5.41, 5.74) is 0.964. The summed E-state index contributed by atoms with van der Waals surface area (Å²) in [5.74, 6) is 0.619. The molecule has 0 saturated carbocycles. The molecule has 1 fully saturated rings. The van der Waals surface area contributed by atoms with Crippen molar-refractivity contribution in [1.29, 1.82) is 0 Å². The minimum atomic E-state index is -0.0540. The average molecular weight is 303 g/mol. The van der Waals surface area contributed by atoms with Crippen LogP contribution in [0.15, 0.2) is 24.3 Å². The van der Waals surface area contributed by atoms with E-state index in [-0.39, 0.29) is 30.3 Å². The Hall–Kier alpha value is -0.770. The molecule has 2 rings (SSSR count). The topological polar surface area (TPSA) is 41.1 Å². The Morgan fingerprint density at radius 2 is 2.00 bits per heavy atom. The third kappa shape index (κ3) is 3.85. The number of rotatable bonds is 4. The fraction of sp³-hybridized carbons (Fsp3) is 0.500. The fourth-order valence-corrected chi connectivity index (χ4v) is 2.43. The van der Waals surface area contributed by atoms with Gasteiger partial charge >= 0.3 is 0 Å². The van der Waals surface area contributed by atoms with E-state index < -0.39 is 0 Å². The fourth-order valence-electron chi connectivity index (χ4n) is 2.13. The van der Waals surface area contributed by atoms with E-state index in [1.54, 1.807) is 0 Å². The third-order valence-corrected chi connectivity index (χ3v) is 4.01. The highest BCUT2D eigenvalue weighted by Gasteiger charge is 2.29. The first-order valence-electron chi connectivity index (χ1n) is 6.35. The number of carbonyl (C=O) groups is 1. The van der Waals surface area contributed by atoms with Crippen molar-refractivity contribution < 1.29 is 4.79 Å². The van der Waals surface area contributed by atoms with Crippen molar-refractivity contribution in [3.05, 3.63) is 34.9 Å². The van der Waals surface area contributed by atoms with Gasteiger partial charge in [-0.25, -0.2) is 0 Å². The van der Waals surface area contributed by atoms with Crippen LogP contribution >= 0.6 is 24.0 Å². The Morgan fingerprint density at radius 1 is 1.37 bits per heavy atom. The molecule has 2 N–H and O–H groups in total. The van der Waals surface area contributed by atoms with Crippen molar-refractivity contribution in [3.8, 4) is 0 Å². The van der Waals surface area contributed by atoms with E-state index in [0.717, 1.165) is 18.7 Å². The van der Waals surface area contributed by atoms with Crippen LogP contribution < -0.4 is 10.6 Å². The molecule has 1 aromatic rings. The van der Waals surface area contributed by atoms with Crippen molar-refractivity contribution in [2.24, 2.45) is 11.8 Å². The maximum Gasteiger partial charge on any atom is 0.223 e. The summed E-state index contributed by atoms with van der Waals surface area (Å²) in [4.78, 5) is 12.1. The molecule has 1 heterocycles. The lowest BCUT2D eigenvalue weighted by molar-refractivity contribution is -0.127. The summed E-state index contributed by atoms with van der Waals surface area (Å²) in [5, 5.41) is 6.92. The van der Waals surface area contributed by atoms with Crippen molar-refractivity contribution in [3.63, 3.8) is 0 Å². The van der Waals surface area contributed by atoms with Crippen LogP contribution in [-0.4, -0.2) is 19.0 Å². The van der Waals surface area contributed by atoms with Gasteiger partial charge in [0.2, 0.25) is 5.91 Å². The molecule has 0 radical (unpaired) electrons. The minimum Gasteiger partial charge on any atom is -0.349 e. The molecule has 2 atom stereocenters. The molecule has 0 bridgehead atoms. The van der Waals surface area contributed by atoms with Gasteiger partial charge in [0.1, 0.15) is 0 Å². The number of benzene rings is 1. The zero-order valence-corrected chi connectivity index (χ0v) is 12.7. The van der Waals surface area contributed by atoms with Crippen LogP contribution in [0.4, 0.5) is 0 Å². The zero-order valence-electron chi connectivity index (χ0n) is 11.2. The molecule has 2 unspecified atom stereocenters. The summed E-state index contributed by atoms with van der Waals surface area (Å²) in [7, 11) is 0. The van der Waals surface area contributed by atoms with Gasteiger partial charge in [-0.2, -0.15) is 0 Å². The normalized spacial score (nSPS) is 17.8. The van der Waals surface area contributed by atoms with E-state index in [9.17, 15) is 4.79 Å². The number of carbonyl (C=O) groups excluding carboxylic acids is 1. The Bertz CT molecular complexity index is 435. The maximum absolute atomic E-state index is 12.1. The van der Waals surface area contributed by atoms with Crippen LogP contribution in [0.5, 0.6) is 0 Å². The zero-order chi connectivity index (χ0) is 13.1. The van der Waals surface area contributed by atoms with E-state index in [0.29, 0.717) is 10.9 Å². The molecule has 3 nitrogen and oxygen atoms in total. The van der Waals surface area contributed by atoms with Gasteiger partial charge in [-0.1, -0.05) is 36.7 Å². The first-order valence-corrected chi connectivity index (χ1v) is 6.73. The number of hydrogen-bond acceptors (Lipinski definition) is 2. The molecule has 0 aromatic heterocycles. The third-order valence-electron chi connectivity index (χ3n) is 3.66. The number of amides is 1. The van der Waals surface area contributed by atoms with Crippen LogP contribution in [-0.2, 0) is 4.79 Å². The van der Waals surface area contributed by atoms with Gasteiger partial charge in [0.25, 0.3) is 0 Å². The van der Waals surface area contributed by atoms with Crippen LogP contribution in [0.2, 0.25) is 5.02 Å². The Labute approximate surface area is 125 Å². The molecule has 5 heteroatoms. The quantitative estimate of drug-likeness (QED) is 0.898. The van der Waals surface area contributed by atoms with E-state index in [1.807, 2.05) is 38.1 Å². The smallest absolute Gasteiger partial charge is 0.223 e. The predicted octanol–water partition coefficient (Wildman–Crippen LogP) is 2.79. The Morgan fingerprint density at radius 3 is 2.53 bits per heavy atom. The van der Waals surface area contributed by atoms with Gasteiger partial charge in [0.05, 0.1) is 6.04 Å². The molecular weight excluding hydrogens is 283 g/mol. The molecule has 1 aliphatic heterocycles.